The van der Waals surface area contributed by atoms with E-state index in [1.807, 2.05) is 53.5 Å². The van der Waals surface area contributed by atoms with Crippen LogP contribution in [0.3, 0.4) is 0 Å². The van der Waals surface area contributed by atoms with Crippen molar-refractivity contribution in [1.82, 2.24) is 5.01 Å². The van der Waals surface area contributed by atoms with Gasteiger partial charge in [-0.3, -0.25) is 4.79 Å². The van der Waals surface area contributed by atoms with Crippen LogP contribution in [-0.4, -0.2) is 17.0 Å². The number of hydrogen-bond donors (Lipinski definition) is 0. The molecule has 3 heteroatoms. The average molecular weight is 264 g/mol. The average Bonchev–Trinajstić information content (AvgIpc) is 2.95. The van der Waals surface area contributed by atoms with Gasteiger partial charge in [0.2, 0.25) is 5.91 Å². The van der Waals surface area contributed by atoms with Crippen LogP contribution < -0.4 is 5.01 Å². The van der Waals surface area contributed by atoms with E-state index in [1.165, 1.54) is 5.56 Å². The van der Waals surface area contributed by atoms with Gasteiger partial charge in [-0.05, 0) is 24.6 Å². The zero-order valence-corrected chi connectivity index (χ0v) is 11.3. The number of para-hydroxylation sites is 1. The number of nitrogens with zero attached hydrogens (tertiary/aromatic N) is 2. The van der Waals surface area contributed by atoms with Crippen molar-refractivity contribution in [1.29, 1.82) is 0 Å². The summed E-state index contributed by atoms with van der Waals surface area (Å²) in [7, 11) is 0. The van der Waals surface area contributed by atoms with Gasteiger partial charge in [0.05, 0.1) is 17.6 Å². The molecule has 4 unspecified atom stereocenters. The minimum atomic E-state index is 0.0811. The highest BCUT2D eigenvalue weighted by Gasteiger charge is 2.62. The maximum atomic E-state index is 12.6. The topological polar surface area (TPSA) is 23.6 Å². The third-order valence-corrected chi connectivity index (χ3v) is 4.43. The number of carbonyl (C=O) groups excluding carboxylic acids is 1. The predicted octanol–water partition coefficient (Wildman–Crippen LogP) is 3.01. The van der Waals surface area contributed by atoms with E-state index in [0.717, 1.165) is 5.69 Å². The Kier molecular flexibility index (Phi) is 2.44. The highest BCUT2D eigenvalue weighted by atomic mass is 16.2. The molecule has 0 saturated carbocycles. The number of hydrazine groups is 1. The summed E-state index contributed by atoms with van der Waals surface area (Å²) in [5.41, 5.74) is 2.19. The third kappa shape index (κ3) is 1.41. The van der Waals surface area contributed by atoms with Crippen molar-refractivity contribution in [3.63, 3.8) is 0 Å². The molecule has 3 heterocycles. The number of carbonyl (C=O) groups is 1. The first-order chi connectivity index (χ1) is 9.79. The SMILES string of the molecule is CC1C2C(=O)N(c3ccccc3)N1C2c1ccccc1. The van der Waals surface area contributed by atoms with E-state index in [0.29, 0.717) is 0 Å². The summed E-state index contributed by atoms with van der Waals surface area (Å²) >= 11 is 0. The molecule has 100 valence electrons. The molecule has 0 spiro atoms. The van der Waals surface area contributed by atoms with Crippen molar-refractivity contribution < 1.29 is 4.79 Å². The summed E-state index contributed by atoms with van der Waals surface area (Å²) in [6.07, 6.45) is 0. The van der Waals surface area contributed by atoms with E-state index in [-0.39, 0.29) is 23.9 Å². The van der Waals surface area contributed by atoms with E-state index >= 15 is 0 Å². The third-order valence-electron chi connectivity index (χ3n) is 4.43. The molecular weight excluding hydrogens is 248 g/mol. The molecule has 20 heavy (non-hydrogen) atoms. The Bertz CT molecular complexity index is 641. The lowest BCUT2D eigenvalue weighted by molar-refractivity contribution is -0.120. The van der Waals surface area contributed by atoms with E-state index in [2.05, 4.69) is 24.1 Å². The fourth-order valence-electron chi connectivity index (χ4n) is 3.49. The molecule has 2 aromatic carbocycles. The summed E-state index contributed by atoms with van der Waals surface area (Å²) in [5.74, 6) is 0.301. The first kappa shape index (κ1) is 11.7. The second kappa shape index (κ2) is 4.18. The van der Waals surface area contributed by atoms with Crippen LogP contribution in [0.25, 0.3) is 0 Å². The summed E-state index contributed by atoms with van der Waals surface area (Å²) < 4.78 is 0. The van der Waals surface area contributed by atoms with Gasteiger partial charge in [-0.15, -0.1) is 0 Å². The largest absolute Gasteiger partial charge is 0.273 e. The van der Waals surface area contributed by atoms with Gasteiger partial charge in [0.1, 0.15) is 0 Å². The first-order valence-electron chi connectivity index (χ1n) is 7.01. The Morgan fingerprint density at radius 2 is 1.50 bits per heavy atom. The molecule has 1 amide bonds. The van der Waals surface area contributed by atoms with Crippen LogP contribution in [0.1, 0.15) is 18.5 Å². The monoisotopic (exact) mass is 264 g/mol. The summed E-state index contributed by atoms with van der Waals surface area (Å²) in [6.45, 7) is 2.13. The Hall–Kier alpha value is -2.13. The molecule has 3 nitrogen and oxygen atoms in total. The summed E-state index contributed by atoms with van der Waals surface area (Å²) in [6, 6.07) is 20.7. The second-order valence-electron chi connectivity index (χ2n) is 5.49. The molecule has 0 N–H and O–H groups in total. The lowest BCUT2D eigenvalue weighted by Gasteiger charge is -2.45. The molecule has 3 fully saturated rings. The molecule has 2 aromatic rings. The summed E-state index contributed by atoms with van der Waals surface area (Å²) in [4.78, 5) is 12.6. The van der Waals surface area contributed by atoms with E-state index in [1.54, 1.807) is 0 Å². The standard InChI is InChI=1S/C17H16N2O/c1-12-15-16(13-8-4-2-5-9-13)18(12)19(17(15)20)14-10-6-3-7-11-14/h2-12,15-16H,1H3. The highest BCUT2D eigenvalue weighted by Crippen LogP contribution is 2.53. The van der Waals surface area contributed by atoms with Crippen molar-refractivity contribution in [3.8, 4) is 0 Å². The van der Waals surface area contributed by atoms with Gasteiger partial charge in [-0.2, -0.15) is 0 Å². The van der Waals surface area contributed by atoms with E-state index in [4.69, 9.17) is 0 Å². The second-order valence-corrected chi connectivity index (χ2v) is 5.49. The van der Waals surface area contributed by atoms with Gasteiger partial charge >= 0.3 is 0 Å². The molecule has 3 saturated heterocycles. The van der Waals surface area contributed by atoms with Crippen molar-refractivity contribution in [2.75, 3.05) is 5.01 Å². The summed E-state index contributed by atoms with van der Waals surface area (Å²) in [5, 5.41) is 4.06. The van der Waals surface area contributed by atoms with Crippen LogP contribution in [0.5, 0.6) is 0 Å². The van der Waals surface area contributed by atoms with Crippen LogP contribution >= 0.6 is 0 Å². The Morgan fingerprint density at radius 1 is 0.900 bits per heavy atom. The highest BCUT2D eigenvalue weighted by molar-refractivity contribution is 6.00. The van der Waals surface area contributed by atoms with Gasteiger partial charge in [0.25, 0.3) is 0 Å². The molecule has 0 aliphatic carbocycles. The van der Waals surface area contributed by atoms with Crippen LogP contribution in [-0.2, 0) is 4.79 Å². The van der Waals surface area contributed by atoms with Gasteiger partial charge in [-0.1, -0.05) is 48.5 Å². The van der Waals surface area contributed by atoms with Crippen LogP contribution in [0.15, 0.2) is 60.7 Å². The molecule has 5 rings (SSSR count). The maximum absolute atomic E-state index is 12.6. The number of anilines is 1. The van der Waals surface area contributed by atoms with Crippen LogP contribution in [0, 0.1) is 5.92 Å². The smallest absolute Gasteiger partial charge is 0.248 e. The number of benzene rings is 2. The normalized spacial score (nSPS) is 31.2. The van der Waals surface area contributed by atoms with Gasteiger partial charge in [0, 0.05) is 6.04 Å². The Balaban J connectivity index is 1.74. The lowest BCUT2D eigenvalue weighted by atomic mass is 9.81. The van der Waals surface area contributed by atoms with Crippen molar-refractivity contribution >= 4 is 11.6 Å². The number of amides is 1. The number of hydrogen-bond acceptors (Lipinski definition) is 2. The zero-order chi connectivity index (χ0) is 13.7. The number of rotatable bonds is 2. The minimum Gasteiger partial charge on any atom is -0.273 e. The predicted molar refractivity (Wildman–Crippen MR) is 77.9 cm³/mol. The quantitative estimate of drug-likeness (QED) is 0.832. The zero-order valence-electron chi connectivity index (χ0n) is 11.3. The van der Waals surface area contributed by atoms with E-state index in [9.17, 15) is 4.79 Å². The Labute approximate surface area is 118 Å². The fraction of sp³-hybridized carbons (Fsp3) is 0.235. The lowest BCUT2D eigenvalue weighted by Crippen LogP contribution is -2.52. The van der Waals surface area contributed by atoms with Crippen molar-refractivity contribution in [2.24, 2.45) is 5.92 Å². The molecule has 3 aliphatic heterocycles. The van der Waals surface area contributed by atoms with Gasteiger partial charge < -0.3 is 0 Å². The first-order valence-corrected chi connectivity index (χ1v) is 7.01. The van der Waals surface area contributed by atoms with Gasteiger partial charge in [-0.25, -0.2) is 10.0 Å². The van der Waals surface area contributed by atoms with Gasteiger partial charge in [0.15, 0.2) is 0 Å². The molecule has 2 bridgehead atoms. The molecule has 0 radical (unpaired) electrons. The number of fused-ring (bicyclic) bond motifs is 1. The van der Waals surface area contributed by atoms with Crippen molar-refractivity contribution in [3.05, 3.63) is 66.2 Å². The van der Waals surface area contributed by atoms with Crippen LogP contribution in [0.2, 0.25) is 0 Å². The molecule has 0 aromatic heterocycles. The minimum absolute atomic E-state index is 0.0811. The van der Waals surface area contributed by atoms with Crippen molar-refractivity contribution in [2.45, 2.75) is 19.0 Å². The Morgan fingerprint density at radius 3 is 2.15 bits per heavy atom. The molecule has 4 atom stereocenters. The van der Waals surface area contributed by atoms with Crippen LogP contribution in [0.4, 0.5) is 5.69 Å². The molecule has 3 aliphatic rings. The van der Waals surface area contributed by atoms with E-state index < -0.39 is 0 Å². The fourth-order valence-corrected chi connectivity index (χ4v) is 3.49. The molecular formula is C17H16N2O. The maximum Gasteiger partial charge on any atom is 0.248 e.